The molecular formula is C66H69N3O2. The van der Waals surface area contributed by atoms with Gasteiger partial charge >= 0.3 is 0 Å². The van der Waals surface area contributed by atoms with Crippen molar-refractivity contribution in [1.29, 1.82) is 0 Å². The van der Waals surface area contributed by atoms with E-state index in [1.807, 2.05) is 0 Å². The molecule has 0 atom stereocenters. The summed E-state index contributed by atoms with van der Waals surface area (Å²) in [6.07, 6.45) is 0. The van der Waals surface area contributed by atoms with Crippen LogP contribution in [0.25, 0.3) is 60.4 Å². The molecule has 4 aromatic heterocycles. The van der Waals surface area contributed by atoms with E-state index in [2.05, 4.69) is 264 Å². The zero-order chi connectivity index (χ0) is 50.3. The van der Waals surface area contributed by atoms with Gasteiger partial charge in [0.25, 0.3) is 0 Å². The summed E-state index contributed by atoms with van der Waals surface area (Å²) < 4.78 is 16.8. The summed E-state index contributed by atoms with van der Waals surface area (Å²) in [5.74, 6) is 0. The molecule has 7 aromatic carbocycles. The maximum Gasteiger partial charge on any atom is 0.161 e. The smallest absolute Gasteiger partial charge is 0.161 e. The third kappa shape index (κ3) is 7.84. The van der Waals surface area contributed by atoms with Gasteiger partial charge < -0.3 is 23.0 Å². The molecular weight excluding hydrogens is 867 g/mol. The Morgan fingerprint density at radius 2 is 0.620 bits per heavy atom. The van der Waals surface area contributed by atoms with Crippen molar-refractivity contribution >= 4 is 94.6 Å². The number of hydrogen-bond donors (Lipinski definition) is 0. The predicted octanol–water partition coefficient (Wildman–Crippen LogP) is 19.8. The molecule has 0 aliphatic carbocycles. The monoisotopic (exact) mass is 936 g/mol. The Morgan fingerprint density at radius 1 is 0.296 bits per heavy atom. The van der Waals surface area contributed by atoms with Gasteiger partial charge in [-0.15, -0.1) is 0 Å². The third-order valence-corrected chi connectivity index (χ3v) is 14.8. The number of fused-ring (bicyclic) bond motifs is 10. The van der Waals surface area contributed by atoms with Gasteiger partial charge in [-0.1, -0.05) is 152 Å². The van der Waals surface area contributed by atoms with E-state index in [1.165, 1.54) is 27.8 Å². The molecule has 0 aliphatic rings. The van der Waals surface area contributed by atoms with Gasteiger partial charge in [0.15, 0.2) is 11.2 Å². The van der Waals surface area contributed by atoms with Gasteiger partial charge in [-0.3, -0.25) is 0 Å². The lowest BCUT2D eigenvalue weighted by Crippen LogP contribution is -2.19. The molecule has 0 unspecified atom stereocenters. The molecule has 11 aromatic rings. The highest BCUT2D eigenvalue weighted by molar-refractivity contribution is 6.28. The molecule has 0 saturated carbocycles. The number of rotatable bonds is 6. The molecule has 11 rings (SSSR count). The quantitative estimate of drug-likeness (QED) is 0.166. The van der Waals surface area contributed by atoms with Crippen LogP contribution in [0.2, 0.25) is 0 Å². The molecule has 71 heavy (non-hydrogen) atoms. The lowest BCUT2D eigenvalue weighted by molar-refractivity contribution is 0.568. The molecule has 0 saturated heterocycles. The van der Waals surface area contributed by atoms with Crippen LogP contribution in [0, 0.1) is 0 Å². The lowest BCUT2D eigenvalue weighted by Gasteiger charge is -2.31. The Bertz CT molecular complexity index is 3520. The van der Waals surface area contributed by atoms with Gasteiger partial charge in [-0.05, 0) is 140 Å². The second kappa shape index (κ2) is 15.8. The van der Waals surface area contributed by atoms with Crippen molar-refractivity contribution in [3.63, 3.8) is 0 Å². The van der Waals surface area contributed by atoms with E-state index in [9.17, 15) is 0 Å². The van der Waals surface area contributed by atoms with Gasteiger partial charge in [0.1, 0.15) is 22.2 Å². The Hall–Kier alpha value is -6.98. The lowest BCUT2D eigenvalue weighted by atomic mass is 9.80. The van der Waals surface area contributed by atoms with Crippen molar-refractivity contribution in [1.82, 2.24) is 4.40 Å². The van der Waals surface area contributed by atoms with Gasteiger partial charge in [0, 0.05) is 67.8 Å². The van der Waals surface area contributed by atoms with Crippen LogP contribution < -0.4 is 9.80 Å². The largest absolute Gasteiger partial charge is 0.454 e. The van der Waals surface area contributed by atoms with E-state index in [0.717, 1.165) is 94.6 Å². The molecule has 0 bridgehead atoms. The Labute approximate surface area is 420 Å². The molecule has 0 aliphatic heterocycles. The molecule has 4 heterocycles. The number of furan rings is 2. The number of para-hydroxylation sites is 2. The van der Waals surface area contributed by atoms with Gasteiger partial charge in [0.05, 0.1) is 5.52 Å². The van der Waals surface area contributed by atoms with Crippen LogP contribution in [-0.4, -0.2) is 4.40 Å². The van der Waals surface area contributed by atoms with E-state index in [1.54, 1.807) is 0 Å². The highest BCUT2D eigenvalue weighted by Crippen LogP contribution is 2.50. The zero-order valence-electron chi connectivity index (χ0n) is 44.5. The van der Waals surface area contributed by atoms with Gasteiger partial charge in [0.2, 0.25) is 0 Å². The van der Waals surface area contributed by atoms with Crippen LogP contribution in [0.15, 0.2) is 154 Å². The summed E-state index contributed by atoms with van der Waals surface area (Å²) in [7, 11) is 0. The number of aromatic nitrogens is 1. The molecule has 5 heteroatoms. The van der Waals surface area contributed by atoms with E-state index in [4.69, 9.17) is 8.83 Å². The first-order valence-electron chi connectivity index (χ1n) is 25.5. The van der Waals surface area contributed by atoms with Crippen LogP contribution in [0.4, 0.5) is 34.1 Å². The molecule has 360 valence electrons. The van der Waals surface area contributed by atoms with Crippen LogP contribution in [0.1, 0.15) is 132 Å². The predicted molar refractivity (Wildman–Crippen MR) is 304 cm³/mol. The van der Waals surface area contributed by atoms with Crippen molar-refractivity contribution in [3.8, 4) is 0 Å². The highest BCUT2D eigenvalue weighted by atomic mass is 16.3. The van der Waals surface area contributed by atoms with E-state index in [-0.39, 0.29) is 27.1 Å². The van der Waals surface area contributed by atoms with Crippen LogP contribution in [0.5, 0.6) is 0 Å². The second-order valence-electron chi connectivity index (χ2n) is 25.3. The zero-order valence-corrected chi connectivity index (χ0v) is 44.5. The molecule has 0 amide bonds. The molecule has 0 N–H and O–H groups in total. The maximum absolute atomic E-state index is 7.20. The minimum atomic E-state index is -0.117. The number of anilines is 6. The summed E-state index contributed by atoms with van der Waals surface area (Å²) in [5, 5.41) is 4.34. The second-order valence-corrected chi connectivity index (χ2v) is 25.3. The summed E-state index contributed by atoms with van der Waals surface area (Å²) >= 11 is 0. The summed E-state index contributed by atoms with van der Waals surface area (Å²) in [6.45, 7) is 34.5. The van der Waals surface area contributed by atoms with Crippen molar-refractivity contribution in [2.24, 2.45) is 0 Å². The Balaban J connectivity index is 1.15. The average Bonchev–Trinajstić information content (AvgIpc) is 4.03. The molecule has 5 nitrogen and oxygen atoms in total. The standard InChI is InChI=1S/C66H69N3O2/c1-62(2,3)40-30-41(63(4,5)6)33-49(32-40)67(45-22-18-16-19-23-45)47-26-28-51-55(38-47)70-60-53-36-44(66(13,14)15)37-54-57(53)69(58(51)60)59-52-29-27-48(39-56(52)71-61(54)59)68(46-24-20-17-21-25-46)50-34-42(64(7,8)9)31-43(35-50)65(10,11)12/h16-39H,1-15H3. The topological polar surface area (TPSA) is 37.2 Å². The first kappa shape index (κ1) is 46.4. The van der Waals surface area contributed by atoms with Gasteiger partial charge in [-0.25, -0.2) is 0 Å². The van der Waals surface area contributed by atoms with Gasteiger partial charge in [-0.2, -0.15) is 0 Å². The third-order valence-electron chi connectivity index (χ3n) is 14.8. The Kier molecular flexibility index (Phi) is 10.3. The van der Waals surface area contributed by atoms with Crippen molar-refractivity contribution < 1.29 is 8.83 Å². The molecule has 0 spiro atoms. The normalized spacial score (nSPS) is 13.3. The number of benzene rings is 7. The van der Waals surface area contributed by atoms with E-state index >= 15 is 0 Å². The summed E-state index contributed by atoms with van der Waals surface area (Å²) in [6, 6.07) is 54.0. The Morgan fingerprint density at radius 3 is 0.944 bits per heavy atom. The number of nitrogens with zero attached hydrogens (tertiary/aromatic N) is 3. The maximum atomic E-state index is 7.20. The number of hydrogen-bond acceptors (Lipinski definition) is 4. The highest BCUT2D eigenvalue weighted by Gasteiger charge is 2.31. The first-order valence-corrected chi connectivity index (χ1v) is 25.5. The minimum absolute atomic E-state index is 0.0365. The fourth-order valence-corrected chi connectivity index (χ4v) is 10.5. The van der Waals surface area contributed by atoms with Crippen LogP contribution >= 0.6 is 0 Å². The fraction of sp³-hybridized carbons (Fsp3) is 0.303. The van der Waals surface area contributed by atoms with E-state index in [0.29, 0.717) is 0 Å². The molecule has 0 fully saturated rings. The van der Waals surface area contributed by atoms with Crippen LogP contribution in [-0.2, 0) is 27.1 Å². The van der Waals surface area contributed by atoms with E-state index < -0.39 is 0 Å². The summed E-state index contributed by atoms with van der Waals surface area (Å²) in [4.78, 5) is 4.77. The summed E-state index contributed by atoms with van der Waals surface area (Å²) in [5.41, 5.74) is 19.5. The molecule has 0 radical (unpaired) electrons. The van der Waals surface area contributed by atoms with Crippen molar-refractivity contribution in [3.05, 3.63) is 173 Å². The van der Waals surface area contributed by atoms with Crippen molar-refractivity contribution in [2.45, 2.75) is 131 Å². The SMILES string of the molecule is CC(C)(C)c1cc(N(c2ccccc2)c2ccc3c(c2)oc2c4cc(C(C)(C)C)cc5c6oc7cc(N(c8ccccc8)c8cc(C(C)(C)C)cc(C(C)(C)C)c8)ccc7c6n(c45)c32)cc(C(C)(C)C)c1. The van der Waals surface area contributed by atoms with Crippen molar-refractivity contribution in [2.75, 3.05) is 9.80 Å². The minimum Gasteiger partial charge on any atom is -0.454 e. The van der Waals surface area contributed by atoms with Crippen LogP contribution in [0.3, 0.4) is 0 Å². The average molecular weight is 936 g/mol. The first-order chi connectivity index (χ1) is 33.3. The fourth-order valence-electron chi connectivity index (χ4n) is 10.5.